The van der Waals surface area contributed by atoms with Crippen LogP contribution in [0.3, 0.4) is 0 Å². The molecule has 0 N–H and O–H groups in total. The Bertz CT molecular complexity index is 317. The zero-order valence-corrected chi connectivity index (χ0v) is 9.44. The molecule has 0 spiro atoms. The zero-order chi connectivity index (χ0) is 10.7. The fourth-order valence-electron chi connectivity index (χ4n) is 1.68. The summed E-state index contributed by atoms with van der Waals surface area (Å²) in [5.74, 6) is 0. The zero-order valence-electron chi connectivity index (χ0n) is 8.69. The molecular weight excluding hydrogens is 214 g/mol. The smallest absolute Gasteiger partial charge is 0.147 e. The molecule has 1 aliphatic heterocycles. The van der Waals surface area contributed by atoms with Gasteiger partial charge in [0, 0.05) is 19.6 Å². The van der Waals surface area contributed by atoms with Gasteiger partial charge in [-0.3, -0.25) is 9.88 Å². The van der Waals surface area contributed by atoms with Gasteiger partial charge in [-0.05, 0) is 6.92 Å². The Morgan fingerprint density at radius 1 is 1.53 bits per heavy atom. The monoisotopic (exact) mass is 227 g/mol. The van der Waals surface area contributed by atoms with Crippen LogP contribution >= 0.6 is 11.6 Å². The molecule has 1 unspecified atom stereocenters. The predicted molar refractivity (Wildman–Crippen MR) is 57.7 cm³/mol. The van der Waals surface area contributed by atoms with E-state index in [4.69, 9.17) is 16.3 Å². The van der Waals surface area contributed by atoms with Crippen molar-refractivity contribution in [3.05, 3.63) is 23.2 Å². The van der Waals surface area contributed by atoms with Crippen molar-refractivity contribution >= 4 is 11.6 Å². The molecule has 1 saturated heterocycles. The molecule has 0 radical (unpaired) electrons. The Morgan fingerprint density at radius 2 is 2.40 bits per heavy atom. The van der Waals surface area contributed by atoms with Crippen molar-refractivity contribution in [3.8, 4) is 0 Å². The van der Waals surface area contributed by atoms with Gasteiger partial charge in [-0.25, -0.2) is 4.98 Å². The van der Waals surface area contributed by atoms with E-state index in [1.54, 1.807) is 12.4 Å². The molecule has 5 heteroatoms. The van der Waals surface area contributed by atoms with Gasteiger partial charge >= 0.3 is 0 Å². The van der Waals surface area contributed by atoms with E-state index < -0.39 is 0 Å². The molecular formula is C10H14ClN3O. The van der Waals surface area contributed by atoms with Crippen LogP contribution in [0.15, 0.2) is 12.4 Å². The van der Waals surface area contributed by atoms with Gasteiger partial charge in [-0.15, -0.1) is 0 Å². The van der Waals surface area contributed by atoms with E-state index in [1.165, 1.54) is 0 Å². The molecule has 0 aromatic carbocycles. The highest BCUT2D eigenvalue weighted by Crippen LogP contribution is 2.09. The SMILES string of the molecule is CC1CN(Cc2cnc(Cl)cn2)CCO1. The second kappa shape index (κ2) is 4.88. The van der Waals surface area contributed by atoms with Crippen LogP contribution in [-0.2, 0) is 11.3 Å². The highest BCUT2D eigenvalue weighted by Gasteiger charge is 2.16. The summed E-state index contributed by atoms with van der Waals surface area (Å²) in [4.78, 5) is 10.5. The van der Waals surface area contributed by atoms with Crippen molar-refractivity contribution < 1.29 is 4.74 Å². The summed E-state index contributed by atoms with van der Waals surface area (Å²) < 4.78 is 5.47. The van der Waals surface area contributed by atoms with Crippen LogP contribution < -0.4 is 0 Å². The molecule has 82 valence electrons. The van der Waals surface area contributed by atoms with E-state index >= 15 is 0 Å². The number of rotatable bonds is 2. The Kier molecular flexibility index (Phi) is 3.51. The molecule has 2 rings (SSSR count). The van der Waals surface area contributed by atoms with Crippen molar-refractivity contribution in [1.29, 1.82) is 0 Å². The van der Waals surface area contributed by atoms with Gasteiger partial charge in [0.05, 0.1) is 30.8 Å². The van der Waals surface area contributed by atoms with Gasteiger partial charge in [0.15, 0.2) is 0 Å². The second-order valence-electron chi connectivity index (χ2n) is 3.75. The first-order chi connectivity index (χ1) is 7.24. The molecule has 15 heavy (non-hydrogen) atoms. The Hall–Kier alpha value is -0.710. The molecule has 0 saturated carbocycles. The molecule has 0 aliphatic carbocycles. The maximum Gasteiger partial charge on any atom is 0.147 e. The first kappa shape index (κ1) is 10.8. The Morgan fingerprint density at radius 3 is 3.07 bits per heavy atom. The van der Waals surface area contributed by atoms with Crippen molar-refractivity contribution in [2.24, 2.45) is 0 Å². The minimum atomic E-state index is 0.305. The molecule has 1 atom stereocenters. The molecule has 0 amide bonds. The highest BCUT2D eigenvalue weighted by atomic mass is 35.5. The summed E-state index contributed by atoms with van der Waals surface area (Å²) >= 11 is 5.67. The Balaban J connectivity index is 1.93. The van der Waals surface area contributed by atoms with E-state index in [0.717, 1.165) is 31.9 Å². The largest absolute Gasteiger partial charge is 0.376 e. The summed E-state index contributed by atoms with van der Waals surface area (Å²) in [5, 5.41) is 0.439. The van der Waals surface area contributed by atoms with Gasteiger partial charge in [0.25, 0.3) is 0 Å². The molecule has 0 bridgehead atoms. The number of halogens is 1. The van der Waals surface area contributed by atoms with E-state index in [1.807, 2.05) is 0 Å². The van der Waals surface area contributed by atoms with Crippen LogP contribution in [0, 0.1) is 0 Å². The third-order valence-electron chi connectivity index (χ3n) is 2.38. The first-order valence-corrected chi connectivity index (χ1v) is 5.42. The standard InChI is InChI=1S/C10H14ClN3O/c1-8-6-14(2-3-15-8)7-9-4-13-10(11)5-12-9/h4-5,8H,2-3,6-7H2,1H3. The van der Waals surface area contributed by atoms with Crippen LogP contribution in [0.5, 0.6) is 0 Å². The van der Waals surface area contributed by atoms with Crippen molar-refractivity contribution in [2.75, 3.05) is 19.7 Å². The van der Waals surface area contributed by atoms with E-state index in [9.17, 15) is 0 Å². The van der Waals surface area contributed by atoms with Gasteiger partial charge in [0.2, 0.25) is 0 Å². The van der Waals surface area contributed by atoms with Crippen LogP contribution in [0.4, 0.5) is 0 Å². The third kappa shape index (κ3) is 3.12. The summed E-state index contributed by atoms with van der Waals surface area (Å²) in [6.07, 6.45) is 3.61. The van der Waals surface area contributed by atoms with Crippen molar-refractivity contribution in [1.82, 2.24) is 14.9 Å². The van der Waals surface area contributed by atoms with Crippen LogP contribution in [0.1, 0.15) is 12.6 Å². The first-order valence-electron chi connectivity index (χ1n) is 5.04. The lowest BCUT2D eigenvalue weighted by Crippen LogP contribution is -2.40. The van der Waals surface area contributed by atoms with Crippen LogP contribution in [0.2, 0.25) is 5.15 Å². The minimum Gasteiger partial charge on any atom is -0.376 e. The molecule has 1 aromatic heterocycles. The molecule has 4 nitrogen and oxygen atoms in total. The molecule has 1 aromatic rings. The fourth-order valence-corrected chi connectivity index (χ4v) is 1.78. The summed E-state index contributed by atoms with van der Waals surface area (Å²) in [6.45, 7) is 5.60. The predicted octanol–water partition coefficient (Wildman–Crippen LogP) is 1.35. The fraction of sp³-hybridized carbons (Fsp3) is 0.600. The van der Waals surface area contributed by atoms with Crippen LogP contribution in [0.25, 0.3) is 0 Å². The van der Waals surface area contributed by atoms with E-state index in [2.05, 4.69) is 21.8 Å². The number of morpholine rings is 1. The number of aromatic nitrogens is 2. The van der Waals surface area contributed by atoms with Gasteiger partial charge in [-0.1, -0.05) is 11.6 Å². The number of hydrogen-bond donors (Lipinski definition) is 0. The number of hydrogen-bond acceptors (Lipinski definition) is 4. The number of nitrogens with zero attached hydrogens (tertiary/aromatic N) is 3. The van der Waals surface area contributed by atoms with Gasteiger partial charge in [0.1, 0.15) is 5.15 Å². The number of ether oxygens (including phenoxy) is 1. The van der Waals surface area contributed by atoms with Gasteiger partial charge in [-0.2, -0.15) is 0 Å². The average molecular weight is 228 g/mol. The summed E-state index contributed by atoms with van der Waals surface area (Å²) in [7, 11) is 0. The maximum atomic E-state index is 5.67. The lowest BCUT2D eigenvalue weighted by Gasteiger charge is -2.30. The molecule has 1 aliphatic rings. The summed E-state index contributed by atoms with van der Waals surface area (Å²) in [5.41, 5.74) is 0.952. The summed E-state index contributed by atoms with van der Waals surface area (Å²) in [6, 6.07) is 0. The normalized spacial score (nSPS) is 22.9. The Labute approximate surface area is 94.2 Å². The molecule has 1 fully saturated rings. The average Bonchev–Trinajstić information content (AvgIpc) is 2.22. The minimum absolute atomic E-state index is 0.305. The van der Waals surface area contributed by atoms with E-state index in [-0.39, 0.29) is 0 Å². The lowest BCUT2D eigenvalue weighted by atomic mass is 10.3. The lowest BCUT2D eigenvalue weighted by molar-refractivity contribution is -0.0216. The maximum absolute atomic E-state index is 5.67. The third-order valence-corrected chi connectivity index (χ3v) is 2.58. The van der Waals surface area contributed by atoms with Gasteiger partial charge < -0.3 is 4.74 Å². The molecule has 2 heterocycles. The topological polar surface area (TPSA) is 38.2 Å². The van der Waals surface area contributed by atoms with Crippen molar-refractivity contribution in [3.63, 3.8) is 0 Å². The van der Waals surface area contributed by atoms with Crippen molar-refractivity contribution in [2.45, 2.75) is 19.6 Å². The van der Waals surface area contributed by atoms with E-state index in [0.29, 0.717) is 11.3 Å². The van der Waals surface area contributed by atoms with Crippen LogP contribution in [-0.4, -0.2) is 40.7 Å². The highest BCUT2D eigenvalue weighted by molar-refractivity contribution is 6.29. The second-order valence-corrected chi connectivity index (χ2v) is 4.13. The quantitative estimate of drug-likeness (QED) is 0.765.